The zero-order valence-corrected chi connectivity index (χ0v) is 19.2. The number of allylic oxidation sites excluding steroid dienone is 1. The molecule has 0 spiro atoms. The molecule has 3 heterocycles. The minimum atomic E-state index is 0.109. The third kappa shape index (κ3) is 3.64. The van der Waals surface area contributed by atoms with E-state index in [9.17, 15) is 4.79 Å². The molecule has 6 heteroatoms. The minimum absolute atomic E-state index is 0.109. The molecule has 3 aromatic rings. The van der Waals surface area contributed by atoms with Gasteiger partial charge in [-0.25, -0.2) is 0 Å². The summed E-state index contributed by atoms with van der Waals surface area (Å²) in [7, 11) is 1.86. The van der Waals surface area contributed by atoms with Gasteiger partial charge in [-0.2, -0.15) is 4.37 Å². The van der Waals surface area contributed by atoms with Crippen LogP contribution in [-0.2, 0) is 11.2 Å². The largest absolute Gasteiger partial charge is 0.353 e. The first kappa shape index (κ1) is 20.2. The Hall–Kier alpha value is -2.70. The SMILES string of the molecule is CC(C)=C1C(=O)N(C)c2ccc(CCN3CCN(c4nsc5ccccc45)CC3)cc21. The maximum atomic E-state index is 12.6. The molecule has 5 rings (SSSR count). The van der Waals surface area contributed by atoms with Gasteiger partial charge in [0.25, 0.3) is 5.91 Å². The second kappa shape index (κ2) is 8.09. The lowest BCUT2D eigenvalue weighted by atomic mass is 9.99. The summed E-state index contributed by atoms with van der Waals surface area (Å²) in [5.74, 6) is 1.25. The fraction of sp³-hybridized carbons (Fsp3) is 0.360. The number of hydrogen-bond acceptors (Lipinski definition) is 5. The Balaban J connectivity index is 1.23. The van der Waals surface area contributed by atoms with Crippen LogP contribution in [0.25, 0.3) is 15.7 Å². The third-order valence-corrected chi connectivity index (χ3v) is 7.27. The molecule has 0 atom stereocenters. The fourth-order valence-electron chi connectivity index (χ4n) is 4.68. The summed E-state index contributed by atoms with van der Waals surface area (Å²) in [6.07, 6.45) is 1.00. The molecule has 1 amide bonds. The second-order valence-corrected chi connectivity index (χ2v) is 9.48. The lowest BCUT2D eigenvalue weighted by Crippen LogP contribution is -2.47. The first-order chi connectivity index (χ1) is 15.0. The smallest absolute Gasteiger partial charge is 0.258 e. The molecule has 1 aromatic heterocycles. The molecular weight excluding hydrogens is 404 g/mol. The van der Waals surface area contributed by atoms with E-state index in [0.717, 1.165) is 67.4 Å². The van der Waals surface area contributed by atoms with Crippen LogP contribution in [-0.4, -0.2) is 55.0 Å². The zero-order valence-electron chi connectivity index (χ0n) is 18.4. The molecule has 2 aromatic carbocycles. The normalized spacial score (nSPS) is 17.0. The number of nitrogens with zero attached hydrogens (tertiary/aromatic N) is 4. The van der Waals surface area contributed by atoms with Gasteiger partial charge in [0.1, 0.15) is 5.82 Å². The van der Waals surface area contributed by atoms with Crippen LogP contribution in [0.5, 0.6) is 0 Å². The van der Waals surface area contributed by atoms with Crippen molar-refractivity contribution in [1.82, 2.24) is 9.27 Å². The standard InChI is InChI=1S/C25H28N4OS/c1-17(2)23-20-16-18(8-9-21(20)27(3)25(23)30)10-11-28-12-14-29(15-13-28)24-19-6-4-5-7-22(19)31-26-24/h4-9,16H,10-15H2,1-3H3. The van der Waals surface area contributed by atoms with Crippen LogP contribution < -0.4 is 9.80 Å². The molecule has 5 nitrogen and oxygen atoms in total. The molecule has 0 saturated carbocycles. The van der Waals surface area contributed by atoms with Gasteiger partial charge in [-0.15, -0.1) is 0 Å². The Morgan fingerprint density at radius 2 is 1.84 bits per heavy atom. The summed E-state index contributed by atoms with van der Waals surface area (Å²) in [5, 5.41) is 1.27. The number of likely N-dealkylation sites (N-methyl/N-ethyl adjacent to an activating group) is 1. The Morgan fingerprint density at radius 3 is 2.61 bits per heavy atom. The molecule has 2 aliphatic rings. The van der Waals surface area contributed by atoms with Crippen molar-refractivity contribution in [2.24, 2.45) is 0 Å². The number of fused-ring (bicyclic) bond motifs is 2. The summed E-state index contributed by atoms with van der Waals surface area (Å²) >= 11 is 1.59. The van der Waals surface area contributed by atoms with E-state index in [-0.39, 0.29) is 5.91 Å². The summed E-state index contributed by atoms with van der Waals surface area (Å²) in [5.41, 5.74) is 5.36. The highest BCUT2D eigenvalue weighted by Crippen LogP contribution is 2.38. The Labute approximate surface area is 187 Å². The Bertz CT molecular complexity index is 1170. The highest BCUT2D eigenvalue weighted by Gasteiger charge is 2.30. The zero-order chi connectivity index (χ0) is 21.5. The minimum Gasteiger partial charge on any atom is -0.353 e. The number of carbonyl (C=O) groups excluding carboxylic acids is 1. The van der Waals surface area contributed by atoms with Gasteiger partial charge in [0, 0.05) is 56.3 Å². The number of aromatic nitrogens is 1. The molecule has 160 valence electrons. The van der Waals surface area contributed by atoms with Crippen molar-refractivity contribution in [3.8, 4) is 0 Å². The van der Waals surface area contributed by atoms with Crippen LogP contribution in [0.2, 0.25) is 0 Å². The highest BCUT2D eigenvalue weighted by atomic mass is 32.1. The van der Waals surface area contributed by atoms with Crippen molar-refractivity contribution in [2.75, 3.05) is 49.6 Å². The van der Waals surface area contributed by atoms with Crippen LogP contribution >= 0.6 is 11.5 Å². The average molecular weight is 433 g/mol. The summed E-state index contributed by atoms with van der Waals surface area (Å²) in [4.78, 5) is 19.3. The Kier molecular flexibility index (Phi) is 5.28. The van der Waals surface area contributed by atoms with Gasteiger partial charge in [-0.1, -0.05) is 23.8 Å². The topological polar surface area (TPSA) is 39.7 Å². The van der Waals surface area contributed by atoms with E-state index in [0.29, 0.717) is 0 Å². The average Bonchev–Trinajstić information content (AvgIpc) is 3.32. The molecule has 0 radical (unpaired) electrons. The lowest BCUT2D eigenvalue weighted by molar-refractivity contribution is -0.112. The number of anilines is 2. The third-order valence-electron chi connectivity index (χ3n) is 6.46. The quantitative estimate of drug-likeness (QED) is 0.572. The van der Waals surface area contributed by atoms with Crippen molar-refractivity contribution in [3.05, 3.63) is 59.2 Å². The maximum absolute atomic E-state index is 12.6. The number of hydrogen-bond donors (Lipinski definition) is 0. The van der Waals surface area contributed by atoms with Crippen molar-refractivity contribution >= 4 is 44.6 Å². The van der Waals surface area contributed by atoms with E-state index in [2.05, 4.69) is 52.3 Å². The van der Waals surface area contributed by atoms with Gasteiger partial charge in [0.05, 0.1) is 10.4 Å². The summed E-state index contributed by atoms with van der Waals surface area (Å²) in [6, 6.07) is 15.0. The first-order valence-corrected chi connectivity index (χ1v) is 11.7. The molecule has 0 unspecified atom stereocenters. The van der Waals surface area contributed by atoms with Crippen LogP contribution in [0.4, 0.5) is 11.5 Å². The molecule has 1 fully saturated rings. The van der Waals surface area contributed by atoms with Crippen molar-refractivity contribution < 1.29 is 4.79 Å². The molecule has 2 aliphatic heterocycles. The summed E-state index contributed by atoms with van der Waals surface area (Å²) in [6.45, 7) is 9.22. The van der Waals surface area contributed by atoms with Gasteiger partial charge in [0.2, 0.25) is 0 Å². The molecule has 0 bridgehead atoms. The summed E-state index contributed by atoms with van der Waals surface area (Å²) < 4.78 is 5.98. The van der Waals surface area contributed by atoms with Gasteiger partial charge in [0.15, 0.2) is 0 Å². The number of piperazine rings is 1. The molecule has 31 heavy (non-hydrogen) atoms. The number of carbonyl (C=O) groups is 1. The number of amides is 1. The molecule has 1 saturated heterocycles. The van der Waals surface area contributed by atoms with E-state index in [1.165, 1.54) is 15.6 Å². The van der Waals surface area contributed by atoms with E-state index in [1.807, 2.05) is 20.9 Å². The van der Waals surface area contributed by atoms with Crippen molar-refractivity contribution in [3.63, 3.8) is 0 Å². The van der Waals surface area contributed by atoms with Crippen LogP contribution in [0.15, 0.2) is 48.0 Å². The number of rotatable bonds is 4. The highest BCUT2D eigenvalue weighted by molar-refractivity contribution is 7.13. The van der Waals surface area contributed by atoms with Gasteiger partial charge in [-0.3, -0.25) is 9.69 Å². The fourth-order valence-corrected chi connectivity index (χ4v) is 5.47. The van der Waals surface area contributed by atoms with Gasteiger partial charge in [-0.05, 0) is 61.6 Å². The second-order valence-electron chi connectivity index (χ2n) is 8.67. The van der Waals surface area contributed by atoms with E-state index in [4.69, 9.17) is 4.37 Å². The lowest BCUT2D eigenvalue weighted by Gasteiger charge is -2.35. The maximum Gasteiger partial charge on any atom is 0.258 e. The van der Waals surface area contributed by atoms with Gasteiger partial charge < -0.3 is 9.80 Å². The monoisotopic (exact) mass is 432 g/mol. The molecule has 0 N–H and O–H groups in total. The predicted molar refractivity (Wildman–Crippen MR) is 130 cm³/mol. The van der Waals surface area contributed by atoms with Gasteiger partial charge >= 0.3 is 0 Å². The van der Waals surface area contributed by atoms with E-state index in [1.54, 1.807) is 16.4 Å². The van der Waals surface area contributed by atoms with E-state index < -0.39 is 0 Å². The van der Waals surface area contributed by atoms with Crippen LogP contribution in [0, 0.1) is 0 Å². The predicted octanol–water partition coefficient (Wildman–Crippen LogP) is 4.43. The van der Waals surface area contributed by atoms with Crippen molar-refractivity contribution in [1.29, 1.82) is 0 Å². The molecular formula is C25H28N4OS. The van der Waals surface area contributed by atoms with Crippen molar-refractivity contribution in [2.45, 2.75) is 20.3 Å². The van der Waals surface area contributed by atoms with E-state index >= 15 is 0 Å². The molecule has 0 aliphatic carbocycles. The van der Waals surface area contributed by atoms with Crippen LogP contribution in [0.3, 0.4) is 0 Å². The Morgan fingerprint density at radius 1 is 1.06 bits per heavy atom. The first-order valence-electron chi connectivity index (χ1n) is 10.9. The number of benzene rings is 2. The van der Waals surface area contributed by atoms with Crippen LogP contribution in [0.1, 0.15) is 25.0 Å².